The first-order valence-electron chi connectivity index (χ1n) is 5.46. The second-order valence-corrected chi connectivity index (χ2v) is 5.04. The van der Waals surface area contributed by atoms with Crippen molar-refractivity contribution < 1.29 is 4.74 Å². The Labute approximate surface area is 110 Å². The topological polar surface area (TPSA) is 22.1 Å². The Balaban J connectivity index is 1.96. The zero-order valence-electron chi connectivity index (χ0n) is 9.65. The first-order chi connectivity index (χ1) is 8.29. The van der Waals surface area contributed by atoms with Crippen LogP contribution in [0.1, 0.15) is 16.1 Å². The van der Waals surface area contributed by atoms with Crippen molar-refractivity contribution in [2.24, 2.45) is 0 Å². The van der Waals surface area contributed by atoms with Gasteiger partial charge in [-0.2, -0.15) is 0 Å². The Bertz CT molecular complexity index is 470. The number of pyridine rings is 1. The van der Waals surface area contributed by atoms with Crippen LogP contribution in [0.5, 0.6) is 5.75 Å². The lowest BCUT2D eigenvalue weighted by atomic mass is 10.2. The van der Waals surface area contributed by atoms with Crippen LogP contribution in [0.25, 0.3) is 0 Å². The molecule has 4 heteroatoms. The van der Waals surface area contributed by atoms with Gasteiger partial charge in [-0.15, -0.1) is 22.9 Å². The third-order valence-electron chi connectivity index (χ3n) is 2.41. The van der Waals surface area contributed by atoms with Crippen molar-refractivity contribution in [3.8, 4) is 5.75 Å². The van der Waals surface area contributed by atoms with E-state index in [4.69, 9.17) is 16.3 Å². The summed E-state index contributed by atoms with van der Waals surface area (Å²) in [6, 6.07) is 6.11. The van der Waals surface area contributed by atoms with Crippen LogP contribution in [0.3, 0.4) is 0 Å². The molecule has 90 valence electrons. The molecule has 0 radical (unpaired) electrons. The number of halogens is 1. The van der Waals surface area contributed by atoms with Crippen LogP contribution in [-0.4, -0.2) is 11.6 Å². The monoisotopic (exact) mass is 267 g/mol. The number of alkyl halides is 1. The molecule has 0 aromatic carbocycles. The van der Waals surface area contributed by atoms with Crippen molar-refractivity contribution in [3.05, 3.63) is 45.9 Å². The van der Waals surface area contributed by atoms with E-state index in [0.717, 1.165) is 23.4 Å². The first-order valence-corrected chi connectivity index (χ1v) is 6.87. The van der Waals surface area contributed by atoms with E-state index in [2.05, 4.69) is 22.5 Å². The minimum absolute atomic E-state index is 0.432. The summed E-state index contributed by atoms with van der Waals surface area (Å²) in [7, 11) is 0. The molecular weight excluding hydrogens is 254 g/mol. The van der Waals surface area contributed by atoms with Gasteiger partial charge < -0.3 is 4.74 Å². The van der Waals surface area contributed by atoms with Crippen molar-refractivity contribution >= 4 is 22.9 Å². The molecule has 17 heavy (non-hydrogen) atoms. The van der Waals surface area contributed by atoms with Crippen LogP contribution < -0.4 is 4.74 Å². The van der Waals surface area contributed by atoms with Crippen LogP contribution in [0.15, 0.2) is 29.8 Å². The summed E-state index contributed by atoms with van der Waals surface area (Å²) in [5.74, 6) is 1.28. The van der Waals surface area contributed by atoms with Crippen molar-refractivity contribution in [2.75, 3.05) is 6.61 Å². The fraction of sp³-hybridized carbons (Fsp3) is 0.308. The quantitative estimate of drug-likeness (QED) is 0.769. The fourth-order valence-corrected chi connectivity index (χ4v) is 2.41. The molecule has 0 aliphatic rings. The molecule has 2 rings (SSSR count). The molecule has 0 bridgehead atoms. The summed E-state index contributed by atoms with van der Waals surface area (Å²) < 4.78 is 5.76. The molecule has 0 aliphatic carbocycles. The maximum atomic E-state index is 5.84. The zero-order valence-corrected chi connectivity index (χ0v) is 11.2. The minimum atomic E-state index is 0.432. The standard InChI is InChI=1S/C13H14ClNOS/c1-10-7-13(11(8-14)9-15-10)16-5-4-12-3-2-6-17-12/h2-3,6-7,9H,4-5,8H2,1H3. The lowest BCUT2D eigenvalue weighted by Gasteiger charge is -2.09. The van der Waals surface area contributed by atoms with Crippen molar-refractivity contribution in [2.45, 2.75) is 19.2 Å². The minimum Gasteiger partial charge on any atom is -0.493 e. The van der Waals surface area contributed by atoms with Gasteiger partial charge in [0.05, 0.1) is 12.5 Å². The van der Waals surface area contributed by atoms with E-state index in [9.17, 15) is 0 Å². The van der Waals surface area contributed by atoms with Crippen LogP contribution in [0.4, 0.5) is 0 Å². The van der Waals surface area contributed by atoms with Crippen LogP contribution >= 0.6 is 22.9 Å². The number of nitrogens with zero attached hydrogens (tertiary/aromatic N) is 1. The molecule has 0 saturated heterocycles. The molecule has 0 atom stereocenters. The highest BCUT2D eigenvalue weighted by molar-refractivity contribution is 7.09. The Morgan fingerprint density at radius 1 is 1.47 bits per heavy atom. The van der Waals surface area contributed by atoms with Crippen LogP contribution in [-0.2, 0) is 12.3 Å². The summed E-state index contributed by atoms with van der Waals surface area (Å²) in [5, 5.41) is 2.08. The highest BCUT2D eigenvalue weighted by atomic mass is 35.5. The molecule has 0 spiro atoms. The molecule has 2 aromatic rings. The van der Waals surface area contributed by atoms with Gasteiger partial charge in [0.1, 0.15) is 5.75 Å². The molecule has 2 aromatic heterocycles. The third kappa shape index (κ3) is 3.45. The average molecular weight is 268 g/mol. The number of thiophene rings is 1. The summed E-state index contributed by atoms with van der Waals surface area (Å²) in [4.78, 5) is 5.54. The average Bonchev–Trinajstić information content (AvgIpc) is 2.82. The summed E-state index contributed by atoms with van der Waals surface area (Å²) in [6.45, 7) is 2.62. The smallest absolute Gasteiger partial charge is 0.127 e. The van der Waals surface area contributed by atoms with Gasteiger partial charge in [0, 0.05) is 34.8 Å². The van der Waals surface area contributed by atoms with E-state index in [1.54, 1.807) is 17.5 Å². The number of ether oxygens (including phenoxy) is 1. The summed E-state index contributed by atoms with van der Waals surface area (Å²) in [6.07, 6.45) is 2.71. The lowest BCUT2D eigenvalue weighted by Crippen LogP contribution is -2.03. The van der Waals surface area contributed by atoms with E-state index in [1.807, 2.05) is 13.0 Å². The highest BCUT2D eigenvalue weighted by Crippen LogP contribution is 2.21. The number of rotatable bonds is 5. The van der Waals surface area contributed by atoms with Gasteiger partial charge in [-0.3, -0.25) is 4.98 Å². The molecule has 0 saturated carbocycles. The van der Waals surface area contributed by atoms with E-state index in [0.29, 0.717) is 12.5 Å². The Morgan fingerprint density at radius 2 is 2.35 bits per heavy atom. The second kappa shape index (κ2) is 6.03. The van der Waals surface area contributed by atoms with Crippen LogP contribution in [0.2, 0.25) is 0 Å². The highest BCUT2D eigenvalue weighted by Gasteiger charge is 2.04. The Kier molecular flexibility index (Phi) is 4.40. The Morgan fingerprint density at radius 3 is 3.06 bits per heavy atom. The molecule has 0 N–H and O–H groups in total. The normalized spacial score (nSPS) is 10.5. The molecule has 0 unspecified atom stereocenters. The van der Waals surface area contributed by atoms with Gasteiger partial charge >= 0.3 is 0 Å². The SMILES string of the molecule is Cc1cc(OCCc2cccs2)c(CCl)cn1. The van der Waals surface area contributed by atoms with Gasteiger partial charge in [-0.05, 0) is 18.4 Å². The van der Waals surface area contributed by atoms with Gasteiger partial charge in [-0.1, -0.05) is 6.07 Å². The predicted octanol–water partition coefficient (Wildman–Crippen LogP) is 3.81. The molecule has 2 heterocycles. The lowest BCUT2D eigenvalue weighted by molar-refractivity contribution is 0.320. The molecule has 0 aliphatic heterocycles. The van der Waals surface area contributed by atoms with E-state index >= 15 is 0 Å². The first kappa shape index (κ1) is 12.4. The van der Waals surface area contributed by atoms with Gasteiger partial charge in [-0.25, -0.2) is 0 Å². The fourth-order valence-electron chi connectivity index (χ4n) is 1.51. The van der Waals surface area contributed by atoms with Gasteiger partial charge in [0.25, 0.3) is 0 Å². The van der Waals surface area contributed by atoms with Gasteiger partial charge in [0.2, 0.25) is 0 Å². The van der Waals surface area contributed by atoms with Crippen molar-refractivity contribution in [3.63, 3.8) is 0 Å². The molecule has 0 fully saturated rings. The number of hydrogen-bond acceptors (Lipinski definition) is 3. The summed E-state index contributed by atoms with van der Waals surface area (Å²) in [5.41, 5.74) is 1.90. The summed E-state index contributed by atoms with van der Waals surface area (Å²) >= 11 is 7.60. The van der Waals surface area contributed by atoms with Crippen molar-refractivity contribution in [1.29, 1.82) is 0 Å². The van der Waals surface area contributed by atoms with E-state index < -0.39 is 0 Å². The number of aromatic nitrogens is 1. The molecule has 2 nitrogen and oxygen atoms in total. The van der Waals surface area contributed by atoms with Crippen LogP contribution in [0, 0.1) is 6.92 Å². The zero-order chi connectivity index (χ0) is 12.1. The maximum Gasteiger partial charge on any atom is 0.127 e. The molecular formula is C13H14ClNOS. The van der Waals surface area contributed by atoms with Gasteiger partial charge in [0.15, 0.2) is 0 Å². The number of aryl methyl sites for hydroxylation is 1. The predicted molar refractivity (Wildman–Crippen MR) is 72.0 cm³/mol. The molecule has 0 amide bonds. The second-order valence-electron chi connectivity index (χ2n) is 3.74. The van der Waals surface area contributed by atoms with Crippen molar-refractivity contribution in [1.82, 2.24) is 4.98 Å². The third-order valence-corrected chi connectivity index (χ3v) is 3.63. The van der Waals surface area contributed by atoms with E-state index in [-0.39, 0.29) is 0 Å². The largest absolute Gasteiger partial charge is 0.493 e. The van der Waals surface area contributed by atoms with E-state index in [1.165, 1.54) is 4.88 Å². The maximum absolute atomic E-state index is 5.84. The Hall–Kier alpha value is -1.06. The number of hydrogen-bond donors (Lipinski definition) is 0.